The van der Waals surface area contributed by atoms with Crippen molar-refractivity contribution in [1.82, 2.24) is 9.47 Å². The van der Waals surface area contributed by atoms with Crippen molar-refractivity contribution in [2.45, 2.75) is 26.4 Å². The van der Waals surface area contributed by atoms with Gasteiger partial charge in [-0.15, -0.1) is 0 Å². The molecule has 4 nitrogen and oxygen atoms in total. The van der Waals surface area contributed by atoms with Gasteiger partial charge in [-0.1, -0.05) is 18.2 Å². The van der Waals surface area contributed by atoms with E-state index in [0.717, 1.165) is 17.4 Å². The first kappa shape index (κ1) is 13.6. The molecular formula is C15H20N2O2. The molecule has 102 valence electrons. The molecule has 0 saturated carbocycles. The number of para-hydroxylation sites is 1. The highest BCUT2D eigenvalue weighted by atomic mass is 16.3. The summed E-state index contributed by atoms with van der Waals surface area (Å²) in [6.07, 6.45) is 0. The highest BCUT2D eigenvalue weighted by molar-refractivity contribution is 5.98. The van der Waals surface area contributed by atoms with Gasteiger partial charge in [0.2, 0.25) is 0 Å². The number of fused-ring (bicyclic) bond motifs is 1. The first-order valence-electron chi connectivity index (χ1n) is 6.56. The molecule has 0 bridgehead atoms. The predicted octanol–water partition coefficient (Wildman–Crippen LogP) is 2.11. The van der Waals surface area contributed by atoms with Gasteiger partial charge in [-0.3, -0.25) is 4.79 Å². The highest BCUT2D eigenvalue weighted by Gasteiger charge is 2.21. The van der Waals surface area contributed by atoms with Crippen LogP contribution in [-0.2, 0) is 6.54 Å². The van der Waals surface area contributed by atoms with Gasteiger partial charge in [0.05, 0.1) is 12.6 Å². The Morgan fingerprint density at radius 3 is 2.74 bits per heavy atom. The number of carbonyl (C=O) groups excluding carboxylic acids is 1. The summed E-state index contributed by atoms with van der Waals surface area (Å²) in [6.45, 7) is 4.57. The normalized spacial score (nSPS) is 12.6. The van der Waals surface area contributed by atoms with Crippen molar-refractivity contribution in [3.63, 3.8) is 0 Å². The fourth-order valence-corrected chi connectivity index (χ4v) is 2.23. The Balaban J connectivity index is 2.47. The van der Waals surface area contributed by atoms with Crippen LogP contribution in [0.15, 0.2) is 30.3 Å². The molecule has 1 aromatic heterocycles. The van der Waals surface area contributed by atoms with E-state index in [9.17, 15) is 4.79 Å². The lowest BCUT2D eigenvalue weighted by atomic mass is 10.2. The van der Waals surface area contributed by atoms with Crippen LogP contribution in [-0.4, -0.2) is 40.2 Å². The topological polar surface area (TPSA) is 45.5 Å². The van der Waals surface area contributed by atoms with Crippen molar-refractivity contribution in [1.29, 1.82) is 0 Å². The van der Waals surface area contributed by atoms with Crippen molar-refractivity contribution in [2.24, 2.45) is 0 Å². The molecule has 0 spiro atoms. The average Bonchev–Trinajstić information content (AvgIpc) is 2.83. The van der Waals surface area contributed by atoms with E-state index in [1.165, 1.54) is 0 Å². The van der Waals surface area contributed by atoms with Gasteiger partial charge in [-0.05, 0) is 26.0 Å². The lowest BCUT2D eigenvalue weighted by Gasteiger charge is -2.23. The summed E-state index contributed by atoms with van der Waals surface area (Å²) in [7, 11) is 1.72. The van der Waals surface area contributed by atoms with E-state index >= 15 is 0 Å². The summed E-state index contributed by atoms with van der Waals surface area (Å²) in [5.41, 5.74) is 1.74. The number of benzene rings is 1. The molecule has 1 amide bonds. The van der Waals surface area contributed by atoms with Gasteiger partial charge in [-0.2, -0.15) is 0 Å². The summed E-state index contributed by atoms with van der Waals surface area (Å²) in [4.78, 5) is 14.1. The van der Waals surface area contributed by atoms with Crippen LogP contribution in [0.2, 0.25) is 0 Å². The summed E-state index contributed by atoms with van der Waals surface area (Å²) in [5.74, 6) is -0.0559. The molecule has 1 aromatic carbocycles. The lowest BCUT2D eigenvalue weighted by molar-refractivity contribution is 0.0672. The first-order chi connectivity index (χ1) is 9.10. The number of likely N-dealkylation sites (N-methyl/N-ethyl adjacent to an activating group) is 1. The monoisotopic (exact) mass is 260 g/mol. The molecule has 0 aliphatic rings. The molecule has 0 aliphatic carbocycles. The molecule has 1 heterocycles. The molecule has 1 N–H and O–H groups in total. The Labute approximate surface area is 113 Å². The van der Waals surface area contributed by atoms with Gasteiger partial charge in [0.1, 0.15) is 5.69 Å². The quantitative estimate of drug-likeness (QED) is 0.915. The van der Waals surface area contributed by atoms with Crippen molar-refractivity contribution in [2.75, 3.05) is 13.7 Å². The molecular weight excluding hydrogens is 240 g/mol. The number of aromatic nitrogens is 1. The maximum atomic E-state index is 12.5. The Hall–Kier alpha value is -1.81. The zero-order chi connectivity index (χ0) is 14.0. The van der Waals surface area contributed by atoms with E-state index in [2.05, 4.69) is 0 Å². The SMILES string of the molecule is CCn1c(C(=O)N(C)C(C)CO)cc2ccccc21. The fraction of sp³-hybridized carbons (Fsp3) is 0.400. The molecule has 0 saturated heterocycles. The number of nitrogens with zero attached hydrogens (tertiary/aromatic N) is 2. The van der Waals surface area contributed by atoms with Crippen molar-refractivity contribution in [3.8, 4) is 0 Å². The van der Waals surface area contributed by atoms with Crippen LogP contribution in [0.1, 0.15) is 24.3 Å². The van der Waals surface area contributed by atoms with E-state index in [1.54, 1.807) is 11.9 Å². The number of aliphatic hydroxyl groups is 1. The fourth-order valence-electron chi connectivity index (χ4n) is 2.23. The number of amides is 1. The van der Waals surface area contributed by atoms with Gasteiger partial charge in [0.25, 0.3) is 5.91 Å². The minimum atomic E-state index is -0.184. The Kier molecular flexibility index (Phi) is 3.90. The second-order valence-electron chi connectivity index (χ2n) is 4.78. The summed E-state index contributed by atoms with van der Waals surface area (Å²) in [6, 6.07) is 9.70. The van der Waals surface area contributed by atoms with Crippen LogP contribution in [0.3, 0.4) is 0 Å². The number of carbonyl (C=O) groups is 1. The van der Waals surface area contributed by atoms with E-state index in [-0.39, 0.29) is 18.6 Å². The van der Waals surface area contributed by atoms with Gasteiger partial charge >= 0.3 is 0 Å². The van der Waals surface area contributed by atoms with Crippen molar-refractivity contribution >= 4 is 16.8 Å². The van der Waals surface area contributed by atoms with E-state index in [0.29, 0.717) is 5.69 Å². The molecule has 1 atom stereocenters. The third-order valence-electron chi connectivity index (χ3n) is 3.59. The Morgan fingerprint density at radius 1 is 1.42 bits per heavy atom. The molecule has 2 rings (SSSR count). The van der Waals surface area contributed by atoms with Crippen LogP contribution >= 0.6 is 0 Å². The zero-order valence-electron chi connectivity index (χ0n) is 11.6. The second-order valence-corrected chi connectivity index (χ2v) is 4.78. The van der Waals surface area contributed by atoms with Gasteiger partial charge < -0.3 is 14.6 Å². The van der Waals surface area contributed by atoms with Crippen LogP contribution in [0.4, 0.5) is 0 Å². The average molecular weight is 260 g/mol. The maximum absolute atomic E-state index is 12.5. The third kappa shape index (κ3) is 2.36. The standard InChI is InChI=1S/C15H20N2O2/c1-4-17-13-8-6-5-7-12(13)9-14(17)15(19)16(3)11(2)10-18/h5-9,11,18H,4,10H2,1-3H3. The number of rotatable bonds is 4. The van der Waals surface area contributed by atoms with Crippen molar-refractivity contribution < 1.29 is 9.90 Å². The van der Waals surface area contributed by atoms with E-state index in [4.69, 9.17) is 5.11 Å². The Bertz CT molecular complexity index is 589. The summed E-state index contributed by atoms with van der Waals surface area (Å²) >= 11 is 0. The third-order valence-corrected chi connectivity index (χ3v) is 3.59. The largest absolute Gasteiger partial charge is 0.394 e. The molecule has 0 radical (unpaired) electrons. The lowest BCUT2D eigenvalue weighted by Crippen LogP contribution is -2.38. The molecule has 0 fully saturated rings. The van der Waals surface area contributed by atoms with E-state index in [1.807, 2.05) is 48.7 Å². The molecule has 0 aliphatic heterocycles. The number of hydrogen-bond donors (Lipinski definition) is 1. The minimum Gasteiger partial charge on any atom is -0.394 e. The molecule has 4 heteroatoms. The van der Waals surface area contributed by atoms with Crippen LogP contribution in [0.5, 0.6) is 0 Å². The molecule has 2 aromatic rings. The van der Waals surface area contributed by atoms with E-state index < -0.39 is 0 Å². The first-order valence-corrected chi connectivity index (χ1v) is 6.56. The second kappa shape index (κ2) is 5.45. The maximum Gasteiger partial charge on any atom is 0.270 e. The van der Waals surface area contributed by atoms with Crippen LogP contribution in [0.25, 0.3) is 10.9 Å². The van der Waals surface area contributed by atoms with Crippen LogP contribution < -0.4 is 0 Å². The number of aryl methyl sites for hydroxylation is 1. The predicted molar refractivity (Wildman–Crippen MR) is 76.3 cm³/mol. The zero-order valence-corrected chi connectivity index (χ0v) is 11.6. The van der Waals surface area contributed by atoms with Gasteiger partial charge in [-0.25, -0.2) is 0 Å². The number of aliphatic hydroxyl groups excluding tert-OH is 1. The number of hydrogen-bond acceptors (Lipinski definition) is 2. The summed E-state index contributed by atoms with van der Waals surface area (Å²) < 4.78 is 2.01. The Morgan fingerprint density at radius 2 is 2.11 bits per heavy atom. The highest BCUT2D eigenvalue weighted by Crippen LogP contribution is 2.21. The molecule has 19 heavy (non-hydrogen) atoms. The van der Waals surface area contributed by atoms with Gasteiger partial charge in [0, 0.05) is 24.5 Å². The van der Waals surface area contributed by atoms with Crippen LogP contribution in [0, 0.1) is 0 Å². The minimum absolute atomic E-state index is 0.0331. The summed E-state index contributed by atoms with van der Waals surface area (Å²) in [5, 5.41) is 10.2. The van der Waals surface area contributed by atoms with Gasteiger partial charge in [0.15, 0.2) is 0 Å². The molecule has 1 unspecified atom stereocenters. The van der Waals surface area contributed by atoms with Crippen molar-refractivity contribution in [3.05, 3.63) is 36.0 Å². The smallest absolute Gasteiger partial charge is 0.270 e.